The molecule has 0 radical (unpaired) electrons. The number of benzene rings is 2. The van der Waals surface area contributed by atoms with Gasteiger partial charge in [0, 0.05) is 37.9 Å². The standard InChI is InChI=1S/C23H31N3O2/c1-27-22-12-17-9-11-26(15-19(17)13-23(22)28-2)20-7-5-10-25(16-20)14-18-6-3-4-8-21(18)24/h3-4,6,8,12-13,20H,5,7,9-11,14-16,24H2,1-2H3. The van der Waals surface area contributed by atoms with Crippen molar-refractivity contribution in [3.8, 4) is 11.5 Å². The molecular formula is C23H31N3O2. The summed E-state index contributed by atoms with van der Waals surface area (Å²) in [7, 11) is 3.41. The molecule has 1 fully saturated rings. The van der Waals surface area contributed by atoms with Gasteiger partial charge in [-0.15, -0.1) is 0 Å². The number of piperidine rings is 1. The van der Waals surface area contributed by atoms with Crippen molar-refractivity contribution in [3.63, 3.8) is 0 Å². The van der Waals surface area contributed by atoms with E-state index in [4.69, 9.17) is 15.2 Å². The molecular weight excluding hydrogens is 350 g/mol. The maximum atomic E-state index is 6.16. The molecule has 0 bridgehead atoms. The zero-order valence-electron chi connectivity index (χ0n) is 17.0. The molecule has 2 N–H and O–H groups in total. The van der Waals surface area contributed by atoms with Crippen LogP contribution in [0, 0.1) is 0 Å². The van der Waals surface area contributed by atoms with Gasteiger partial charge in [0.15, 0.2) is 11.5 Å². The van der Waals surface area contributed by atoms with Crippen LogP contribution in [0.4, 0.5) is 5.69 Å². The van der Waals surface area contributed by atoms with Crippen molar-refractivity contribution in [2.24, 2.45) is 0 Å². The molecule has 0 aromatic heterocycles. The zero-order chi connectivity index (χ0) is 19.5. The minimum Gasteiger partial charge on any atom is -0.493 e. The van der Waals surface area contributed by atoms with Gasteiger partial charge in [-0.05, 0) is 60.7 Å². The monoisotopic (exact) mass is 381 g/mol. The summed E-state index contributed by atoms with van der Waals surface area (Å²) in [5, 5.41) is 0. The number of rotatable bonds is 5. The molecule has 1 saturated heterocycles. The number of para-hydroxylation sites is 1. The van der Waals surface area contributed by atoms with E-state index in [1.165, 1.54) is 29.5 Å². The fourth-order valence-corrected chi connectivity index (χ4v) is 4.61. The Morgan fingerprint density at radius 1 is 1.04 bits per heavy atom. The Bertz CT molecular complexity index is 823. The third-order valence-corrected chi connectivity index (χ3v) is 6.19. The molecule has 150 valence electrons. The van der Waals surface area contributed by atoms with Gasteiger partial charge in [0.2, 0.25) is 0 Å². The minimum absolute atomic E-state index is 0.597. The van der Waals surface area contributed by atoms with Crippen molar-refractivity contribution >= 4 is 5.69 Å². The van der Waals surface area contributed by atoms with E-state index in [0.29, 0.717) is 6.04 Å². The second kappa shape index (κ2) is 8.41. The molecule has 0 aliphatic carbocycles. The number of ether oxygens (including phenoxy) is 2. The maximum absolute atomic E-state index is 6.16. The highest BCUT2D eigenvalue weighted by Gasteiger charge is 2.29. The molecule has 0 saturated carbocycles. The molecule has 1 atom stereocenters. The molecule has 5 nitrogen and oxygen atoms in total. The summed E-state index contributed by atoms with van der Waals surface area (Å²) in [6, 6.07) is 13.1. The van der Waals surface area contributed by atoms with Crippen LogP contribution in [0.2, 0.25) is 0 Å². The molecule has 4 rings (SSSR count). The molecule has 2 aliphatic heterocycles. The van der Waals surface area contributed by atoms with Gasteiger partial charge in [0.05, 0.1) is 14.2 Å². The van der Waals surface area contributed by atoms with Gasteiger partial charge in [0.25, 0.3) is 0 Å². The normalized spacial score (nSPS) is 20.6. The van der Waals surface area contributed by atoms with Crippen LogP contribution in [0.1, 0.15) is 29.5 Å². The second-order valence-electron chi connectivity index (χ2n) is 7.93. The zero-order valence-corrected chi connectivity index (χ0v) is 17.0. The Balaban J connectivity index is 1.44. The number of methoxy groups -OCH3 is 2. The van der Waals surface area contributed by atoms with Gasteiger partial charge in [0.1, 0.15) is 0 Å². The van der Waals surface area contributed by atoms with Crippen LogP contribution >= 0.6 is 0 Å². The van der Waals surface area contributed by atoms with Crippen molar-refractivity contribution in [3.05, 3.63) is 53.1 Å². The van der Waals surface area contributed by atoms with Crippen LogP contribution in [0.15, 0.2) is 36.4 Å². The third kappa shape index (κ3) is 3.96. The number of nitrogens with zero attached hydrogens (tertiary/aromatic N) is 2. The van der Waals surface area contributed by atoms with E-state index in [0.717, 1.165) is 56.3 Å². The number of hydrogen-bond donors (Lipinski definition) is 1. The summed E-state index contributed by atoms with van der Waals surface area (Å²) in [5.74, 6) is 1.66. The van der Waals surface area contributed by atoms with Crippen molar-refractivity contribution < 1.29 is 9.47 Å². The van der Waals surface area contributed by atoms with Gasteiger partial charge in [-0.2, -0.15) is 0 Å². The average molecular weight is 382 g/mol. The quantitative estimate of drug-likeness (QED) is 0.806. The van der Waals surface area contributed by atoms with Crippen molar-refractivity contribution in [2.75, 3.05) is 39.6 Å². The molecule has 2 aromatic carbocycles. The predicted octanol–water partition coefficient (Wildman–Crippen LogP) is 3.31. The summed E-state index contributed by atoms with van der Waals surface area (Å²) in [6.07, 6.45) is 3.58. The van der Waals surface area contributed by atoms with E-state index in [1.807, 2.05) is 12.1 Å². The van der Waals surface area contributed by atoms with Crippen LogP contribution in [0.5, 0.6) is 11.5 Å². The van der Waals surface area contributed by atoms with Crippen LogP contribution in [0.25, 0.3) is 0 Å². The Morgan fingerprint density at radius 2 is 1.79 bits per heavy atom. The summed E-state index contributed by atoms with van der Waals surface area (Å²) in [5.41, 5.74) is 11.1. The lowest BCUT2D eigenvalue weighted by molar-refractivity contribution is 0.0838. The summed E-state index contributed by atoms with van der Waals surface area (Å²) in [6.45, 7) is 5.30. The fraction of sp³-hybridized carbons (Fsp3) is 0.478. The first kappa shape index (κ1) is 19.1. The molecule has 0 amide bonds. The number of hydrogen-bond acceptors (Lipinski definition) is 5. The number of nitrogen functional groups attached to an aromatic ring is 1. The molecule has 2 heterocycles. The van der Waals surface area contributed by atoms with Gasteiger partial charge >= 0.3 is 0 Å². The highest BCUT2D eigenvalue weighted by molar-refractivity contribution is 5.48. The molecule has 0 spiro atoms. The van der Waals surface area contributed by atoms with Crippen LogP contribution in [-0.4, -0.2) is 49.7 Å². The fourth-order valence-electron chi connectivity index (χ4n) is 4.61. The van der Waals surface area contributed by atoms with E-state index in [9.17, 15) is 0 Å². The van der Waals surface area contributed by atoms with Gasteiger partial charge in [-0.1, -0.05) is 18.2 Å². The Kier molecular flexibility index (Phi) is 5.74. The Morgan fingerprint density at radius 3 is 2.54 bits per heavy atom. The first-order valence-electron chi connectivity index (χ1n) is 10.2. The highest BCUT2D eigenvalue weighted by Crippen LogP contribution is 2.34. The topological polar surface area (TPSA) is 51.0 Å². The van der Waals surface area contributed by atoms with E-state index in [2.05, 4.69) is 34.1 Å². The first-order chi connectivity index (χ1) is 13.7. The van der Waals surface area contributed by atoms with E-state index in [-0.39, 0.29) is 0 Å². The number of fused-ring (bicyclic) bond motifs is 1. The highest BCUT2D eigenvalue weighted by atomic mass is 16.5. The maximum Gasteiger partial charge on any atom is 0.161 e. The van der Waals surface area contributed by atoms with Crippen molar-refractivity contribution in [2.45, 2.75) is 38.4 Å². The number of nitrogens with two attached hydrogens (primary N) is 1. The molecule has 5 heteroatoms. The summed E-state index contributed by atoms with van der Waals surface area (Å²) < 4.78 is 11.0. The molecule has 2 aliphatic rings. The first-order valence-corrected chi connectivity index (χ1v) is 10.2. The second-order valence-corrected chi connectivity index (χ2v) is 7.93. The van der Waals surface area contributed by atoms with Crippen molar-refractivity contribution in [1.29, 1.82) is 0 Å². The average Bonchev–Trinajstić information content (AvgIpc) is 2.74. The summed E-state index contributed by atoms with van der Waals surface area (Å²) in [4.78, 5) is 5.21. The smallest absolute Gasteiger partial charge is 0.161 e. The van der Waals surface area contributed by atoms with E-state index >= 15 is 0 Å². The van der Waals surface area contributed by atoms with Gasteiger partial charge in [-0.3, -0.25) is 9.80 Å². The van der Waals surface area contributed by atoms with E-state index in [1.54, 1.807) is 14.2 Å². The van der Waals surface area contributed by atoms with Crippen LogP contribution in [-0.2, 0) is 19.5 Å². The lowest BCUT2D eigenvalue weighted by Gasteiger charge is -2.41. The molecule has 1 unspecified atom stereocenters. The van der Waals surface area contributed by atoms with Crippen LogP contribution < -0.4 is 15.2 Å². The SMILES string of the molecule is COc1cc2c(cc1OC)CN(C1CCCN(Cc3ccccc3N)C1)CC2. The summed E-state index contributed by atoms with van der Waals surface area (Å²) >= 11 is 0. The third-order valence-electron chi connectivity index (χ3n) is 6.19. The lowest BCUT2D eigenvalue weighted by Crippen LogP contribution is -2.49. The largest absolute Gasteiger partial charge is 0.493 e. The van der Waals surface area contributed by atoms with Crippen LogP contribution in [0.3, 0.4) is 0 Å². The predicted molar refractivity (Wildman–Crippen MR) is 113 cm³/mol. The van der Waals surface area contributed by atoms with Gasteiger partial charge in [-0.25, -0.2) is 0 Å². The lowest BCUT2D eigenvalue weighted by atomic mass is 9.95. The van der Waals surface area contributed by atoms with E-state index < -0.39 is 0 Å². The molecule has 2 aromatic rings. The molecule has 28 heavy (non-hydrogen) atoms. The van der Waals surface area contributed by atoms with Gasteiger partial charge < -0.3 is 15.2 Å². The van der Waals surface area contributed by atoms with Crippen molar-refractivity contribution in [1.82, 2.24) is 9.80 Å². The number of likely N-dealkylation sites (tertiary alicyclic amines) is 1. The Hall–Kier alpha value is -2.24. The Labute approximate surface area is 168 Å². The minimum atomic E-state index is 0.597. The number of anilines is 1.